The third-order valence-electron chi connectivity index (χ3n) is 1.89. The van der Waals surface area contributed by atoms with Gasteiger partial charge in [-0.25, -0.2) is 0 Å². The molecule has 0 saturated heterocycles. The molecule has 1 aromatic carbocycles. The Bertz CT molecular complexity index is 377. The van der Waals surface area contributed by atoms with E-state index in [1.54, 1.807) is 24.3 Å². The van der Waals surface area contributed by atoms with E-state index in [0.29, 0.717) is 17.8 Å². The highest BCUT2D eigenvalue weighted by Crippen LogP contribution is 2.18. The van der Waals surface area contributed by atoms with E-state index in [0.717, 1.165) is 10.9 Å². The van der Waals surface area contributed by atoms with E-state index in [4.69, 9.17) is 5.73 Å². The molecule has 4 heteroatoms. The standard InChI is InChI=1S/C11H13BrN2O/c1-2-3-6-14-11(15)9-5-4-8(12)7-10(9)13/h2,4-5,7H,1,3,6,13H2,(H,14,15). The predicted octanol–water partition coefficient (Wildman–Crippen LogP) is 2.34. The van der Waals surface area contributed by atoms with Gasteiger partial charge in [0, 0.05) is 16.7 Å². The molecule has 0 unspecified atom stereocenters. The van der Waals surface area contributed by atoms with Crippen LogP contribution in [-0.4, -0.2) is 12.5 Å². The van der Waals surface area contributed by atoms with Crippen molar-refractivity contribution in [3.63, 3.8) is 0 Å². The van der Waals surface area contributed by atoms with Crippen molar-refractivity contribution in [2.24, 2.45) is 0 Å². The van der Waals surface area contributed by atoms with Gasteiger partial charge in [-0.2, -0.15) is 0 Å². The van der Waals surface area contributed by atoms with Gasteiger partial charge >= 0.3 is 0 Å². The van der Waals surface area contributed by atoms with Crippen molar-refractivity contribution in [2.45, 2.75) is 6.42 Å². The van der Waals surface area contributed by atoms with Crippen molar-refractivity contribution < 1.29 is 4.79 Å². The molecule has 0 heterocycles. The topological polar surface area (TPSA) is 55.1 Å². The first-order valence-electron chi connectivity index (χ1n) is 4.59. The second-order valence-corrected chi connectivity index (χ2v) is 3.98. The van der Waals surface area contributed by atoms with Crippen LogP contribution in [0.5, 0.6) is 0 Å². The number of carbonyl (C=O) groups is 1. The zero-order valence-electron chi connectivity index (χ0n) is 8.29. The molecule has 15 heavy (non-hydrogen) atoms. The van der Waals surface area contributed by atoms with Crippen LogP contribution in [0.3, 0.4) is 0 Å². The summed E-state index contributed by atoms with van der Waals surface area (Å²) in [6.45, 7) is 4.16. The summed E-state index contributed by atoms with van der Waals surface area (Å²) in [7, 11) is 0. The van der Waals surface area contributed by atoms with Crippen LogP contribution in [0, 0.1) is 0 Å². The van der Waals surface area contributed by atoms with Crippen molar-refractivity contribution >= 4 is 27.5 Å². The van der Waals surface area contributed by atoms with Gasteiger partial charge in [0.15, 0.2) is 0 Å². The van der Waals surface area contributed by atoms with Crippen molar-refractivity contribution in [3.8, 4) is 0 Å². The highest BCUT2D eigenvalue weighted by molar-refractivity contribution is 9.10. The summed E-state index contributed by atoms with van der Waals surface area (Å²) in [5, 5.41) is 2.75. The first-order chi connectivity index (χ1) is 7.15. The van der Waals surface area contributed by atoms with Crippen molar-refractivity contribution in [1.29, 1.82) is 0 Å². The summed E-state index contributed by atoms with van der Waals surface area (Å²) >= 11 is 3.28. The van der Waals surface area contributed by atoms with Gasteiger partial charge in [-0.1, -0.05) is 22.0 Å². The Balaban J connectivity index is 2.69. The van der Waals surface area contributed by atoms with Gasteiger partial charge in [-0.05, 0) is 24.6 Å². The molecule has 0 aliphatic rings. The number of benzene rings is 1. The van der Waals surface area contributed by atoms with Crippen LogP contribution in [0.2, 0.25) is 0 Å². The lowest BCUT2D eigenvalue weighted by atomic mass is 10.1. The molecule has 0 spiro atoms. The van der Waals surface area contributed by atoms with Gasteiger partial charge in [0.25, 0.3) is 5.91 Å². The van der Waals surface area contributed by atoms with Crippen LogP contribution in [0.25, 0.3) is 0 Å². The Labute approximate surface area is 97.5 Å². The summed E-state index contributed by atoms with van der Waals surface area (Å²) in [6.07, 6.45) is 2.51. The predicted molar refractivity (Wildman–Crippen MR) is 65.7 cm³/mol. The third-order valence-corrected chi connectivity index (χ3v) is 2.39. The summed E-state index contributed by atoms with van der Waals surface area (Å²) in [5.41, 5.74) is 6.69. The lowest BCUT2D eigenvalue weighted by Gasteiger charge is -2.06. The maximum absolute atomic E-state index is 11.6. The van der Waals surface area contributed by atoms with Crippen LogP contribution >= 0.6 is 15.9 Å². The number of nitrogens with one attached hydrogen (secondary N) is 1. The smallest absolute Gasteiger partial charge is 0.253 e. The van der Waals surface area contributed by atoms with Crippen molar-refractivity contribution in [1.82, 2.24) is 5.32 Å². The number of carbonyl (C=O) groups excluding carboxylic acids is 1. The average molecular weight is 269 g/mol. The lowest BCUT2D eigenvalue weighted by molar-refractivity contribution is 0.0955. The molecule has 1 amide bonds. The molecule has 3 nitrogen and oxygen atoms in total. The number of nitrogen functional groups attached to an aromatic ring is 1. The van der Waals surface area contributed by atoms with E-state index < -0.39 is 0 Å². The van der Waals surface area contributed by atoms with Gasteiger partial charge in [0.2, 0.25) is 0 Å². The van der Waals surface area contributed by atoms with E-state index in [9.17, 15) is 4.79 Å². The average Bonchev–Trinajstić information content (AvgIpc) is 2.17. The van der Waals surface area contributed by atoms with Gasteiger partial charge in [0.05, 0.1) is 5.56 Å². The summed E-state index contributed by atoms with van der Waals surface area (Å²) in [5.74, 6) is -0.151. The molecular weight excluding hydrogens is 256 g/mol. The Hall–Kier alpha value is -1.29. The van der Waals surface area contributed by atoms with Crippen LogP contribution < -0.4 is 11.1 Å². The summed E-state index contributed by atoms with van der Waals surface area (Å²) in [4.78, 5) is 11.6. The van der Waals surface area contributed by atoms with E-state index in [-0.39, 0.29) is 5.91 Å². The van der Waals surface area contributed by atoms with E-state index in [1.165, 1.54) is 0 Å². The van der Waals surface area contributed by atoms with Crippen LogP contribution in [-0.2, 0) is 0 Å². The normalized spacial score (nSPS) is 9.67. The molecule has 1 rings (SSSR count). The quantitative estimate of drug-likeness (QED) is 0.500. The second kappa shape index (κ2) is 5.56. The molecule has 0 saturated carbocycles. The number of amides is 1. The SMILES string of the molecule is C=CCCNC(=O)c1ccc(Br)cc1N. The molecule has 0 atom stereocenters. The van der Waals surface area contributed by atoms with Crippen LogP contribution in [0.1, 0.15) is 16.8 Å². The van der Waals surface area contributed by atoms with E-state index in [2.05, 4.69) is 27.8 Å². The van der Waals surface area contributed by atoms with Gasteiger partial charge in [-0.15, -0.1) is 6.58 Å². The minimum atomic E-state index is -0.151. The molecule has 0 aliphatic heterocycles. The molecular formula is C11H13BrN2O. The Morgan fingerprint density at radius 3 is 2.93 bits per heavy atom. The van der Waals surface area contributed by atoms with Gasteiger partial charge in [-0.3, -0.25) is 4.79 Å². The van der Waals surface area contributed by atoms with Crippen molar-refractivity contribution in [2.75, 3.05) is 12.3 Å². The Kier molecular flexibility index (Phi) is 4.37. The van der Waals surface area contributed by atoms with Crippen molar-refractivity contribution in [3.05, 3.63) is 40.9 Å². The van der Waals surface area contributed by atoms with Gasteiger partial charge < -0.3 is 11.1 Å². The van der Waals surface area contributed by atoms with Crippen LogP contribution in [0.4, 0.5) is 5.69 Å². The fourth-order valence-corrected chi connectivity index (χ4v) is 1.50. The van der Waals surface area contributed by atoms with E-state index in [1.807, 2.05) is 0 Å². The number of hydrogen-bond donors (Lipinski definition) is 2. The van der Waals surface area contributed by atoms with E-state index >= 15 is 0 Å². The summed E-state index contributed by atoms with van der Waals surface area (Å²) < 4.78 is 0.864. The first kappa shape index (κ1) is 11.8. The highest BCUT2D eigenvalue weighted by atomic mass is 79.9. The number of nitrogens with two attached hydrogens (primary N) is 1. The zero-order chi connectivity index (χ0) is 11.3. The number of halogens is 1. The maximum Gasteiger partial charge on any atom is 0.253 e. The van der Waals surface area contributed by atoms with Crippen LogP contribution in [0.15, 0.2) is 35.3 Å². The molecule has 0 radical (unpaired) electrons. The fourth-order valence-electron chi connectivity index (χ4n) is 1.12. The number of rotatable bonds is 4. The molecule has 0 aliphatic carbocycles. The maximum atomic E-state index is 11.6. The molecule has 0 bridgehead atoms. The fraction of sp³-hybridized carbons (Fsp3) is 0.182. The molecule has 3 N–H and O–H groups in total. The number of anilines is 1. The molecule has 1 aromatic rings. The monoisotopic (exact) mass is 268 g/mol. The lowest BCUT2D eigenvalue weighted by Crippen LogP contribution is -2.24. The molecule has 0 fully saturated rings. The largest absolute Gasteiger partial charge is 0.398 e. The summed E-state index contributed by atoms with van der Waals surface area (Å²) in [6, 6.07) is 5.20. The second-order valence-electron chi connectivity index (χ2n) is 3.06. The first-order valence-corrected chi connectivity index (χ1v) is 5.38. The Morgan fingerprint density at radius 2 is 2.33 bits per heavy atom. The Morgan fingerprint density at radius 1 is 1.60 bits per heavy atom. The minimum Gasteiger partial charge on any atom is -0.398 e. The minimum absolute atomic E-state index is 0.151. The highest BCUT2D eigenvalue weighted by Gasteiger charge is 2.08. The third kappa shape index (κ3) is 3.40. The van der Waals surface area contributed by atoms with Gasteiger partial charge in [0.1, 0.15) is 0 Å². The zero-order valence-corrected chi connectivity index (χ0v) is 9.88. The molecule has 80 valence electrons. The number of hydrogen-bond acceptors (Lipinski definition) is 2. The molecule has 0 aromatic heterocycles.